The summed E-state index contributed by atoms with van der Waals surface area (Å²) >= 11 is 0. The number of nitrogens with one attached hydrogen (secondary N) is 1. The van der Waals surface area contributed by atoms with Crippen molar-refractivity contribution in [3.63, 3.8) is 0 Å². The standard InChI is InChI=1S/C20H24N4O2/c1-23-9-7-21-19(23)14-4-3-8-24(12-14)13-16-10-15-11-17(26-2)5-6-18(15)22-20(16)25/h5-7,9-11,14H,3-4,8,12-13H2,1-2H3,(H,22,25)/t14-/m1/s1. The molecule has 1 aliphatic heterocycles. The summed E-state index contributed by atoms with van der Waals surface area (Å²) in [5.74, 6) is 2.35. The molecule has 1 atom stereocenters. The molecule has 0 amide bonds. The fraction of sp³-hybridized carbons (Fsp3) is 0.400. The minimum Gasteiger partial charge on any atom is -0.497 e. The van der Waals surface area contributed by atoms with Crippen LogP contribution in [0.25, 0.3) is 10.9 Å². The second-order valence-corrected chi connectivity index (χ2v) is 7.05. The highest BCUT2D eigenvalue weighted by Gasteiger charge is 2.24. The highest BCUT2D eigenvalue weighted by atomic mass is 16.5. The zero-order chi connectivity index (χ0) is 18.1. The van der Waals surface area contributed by atoms with Crippen molar-refractivity contribution < 1.29 is 4.74 Å². The van der Waals surface area contributed by atoms with E-state index in [4.69, 9.17) is 4.74 Å². The minimum atomic E-state index is -0.0122. The predicted molar refractivity (Wildman–Crippen MR) is 102 cm³/mol. The van der Waals surface area contributed by atoms with E-state index in [-0.39, 0.29) is 5.56 Å². The Kier molecular flexibility index (Phi) is 4.51. The van der Waals surface area contributed by atoms with Gasteiger partial charge in [-0.2, -0.15) is 0 Å². The van der Waals surface area contributed by atoms with Crippen LogP contribution in [0.1, 0.15) is 30.1 Å². The molecule has 2 aromatic heterocycles. The summed E-state index contributed by atoms with van der Waals surface area (Å²) in [5.41, 5.74) is 1.62. The third-order valence-corrected chi connectivity index (χ3v) is 5.25. The van der Waals surface area contributed by atoms with Gasteiger partial charge in [0.05, 0.1) is 7.11 Å². The largest absolute Gasteiger partial charge is 0.497 e. The number of nitrogens with zero attached hydrogens (tertiary/aromatic N) is 3. The number of fused-ring (bicyclic) bond motifs is 1. The quantitative estimate of drug-likeness (QED) is 0.784. The molecule has 0 bridgehead atoms. The Balaban J connectivity index is 1.57. The maximum Gasteiger partial charge on any atom is 0.252 e. The summed E-state index contributed by atoms with van der Waals surface area (Å²) in [6.45, 7) is 2.60. The molecule has 1 N–H and O–H groups in total. The molecule has 136 valence electrons. The summed E-state index contributed by atoms with van der Waals surface area (Å²) in [4.78, 5) is 22.4. The summed E-state index contributed by atoms with van der Waals surface area (Å²) in [5, 5.41) is 0.997. The van der Waals surface area contributed by atoms with Crippen LogP contribution in [0.4, 0.5) is 0 Å². The van der Waals surface area contributed by atoms with Gasteiger partial charge < -0.3 is 14.3 Å². The van der Waals surface area contributed by atoms with Crippen LogP contribution in [0.2, 0.25) is 0 Å². The second kappa shape index (κ2) is 6.96. The lowest BCUT2D eigenvalue weighted by Crippen LogP contribution is -2.36. The van der Waals surface area contributed by atoms with E-state index >= 15 is 0 Å². The van der Waals surface area contributed by atoms with Crippen LogP contribution in [0.5, 0.6) is 5.75 Å². The average molecular weight is 352 g/mol. The van der Waals surface area contributed by atoms with Crippen molar-refractivity contribution >= 4 is 10.9 Å². The molecule has 1 aromatic carbocycles. The number of hydrogen-bond acceptors (Lipinski definition) is 4. The highest BCUT2D eigenvalue weighted by Crippen LogP contribution is 2.26. The number of likely N-dealkylation sites (tertiary alicyclic amines) is 1. The van der Waals surface area contributed by atoms with Gasteiger partial charge in [0.25, 0.3) is 5.56 Å². The van der Waals surface area contributed by atoms with Crippen molar-refractivity contribution in [2.45, 2.75) is 25.3 Å². The number of ether oxygens (including phenoxy) is 1. The van der Waals surface area contributed by atoms with Gasteiger partial charge in [-0.25, -0.2) is 4.98 Å². The van der Waals surface area contributed by atoms with Gasteiger partial charge in [-0.3, -0.25) is 9.69 Å². The van der Waals surface area contributed by atoms with Crippen LogP contribution in [-0.4, -0.2) is 39.6 Å². The average Bonchev–Trinajstić information content (AvgIpc) is 3.08. The molecule has 1 saturated heterocycles. The molecular formula is C20H24N4O2. The molecule has 1 aliphatic rings. The van der Waals surface area contributed by atoms with E-state index in [1.54, 1.807) is 7.11 Å². The van der Waals surface area contributed by atoms with Crippen LogP contribution in [0.3, 0.4) is 0 Å². The Labute approximate surface area is 152 Å². The van der Waals surface area contributed by atoms with E-state index < -0.39 is 0 Å². The zero-order valence-electron chi connectivity index (χ0n) is 15.2. The van der Waals surface area contributed by atoms with Gasteiger partial charge in [0.1, 0.15) is 11.6 Å². The molecule has 3 aromatic rings. The van der Waals surface area contributed by atoms with Gasteiger partial charge in [-0.05, 0) is 43.7 Å². The smallest absolute Gasteiger partial charge is 0.252 e. The fourth-order valence-corrected chi connectivity index (χ4v) is 3.90. The number of methoxy groups -OCH3 is 1. The first-order valence-electron chi connectivity index (χ1n) is 9.03. The number of piperidine rings is 1. The van der Waals surface area contributed by atoms with Crippen LogP contribution in [0, 0.1) is 0 Å². The number of pyridine rings is 1. The normalized spacial score (nSPS) is 18.3. The Hall–Kier alpha value is -2.60. The number of H-pyrrole nitrogens is 1. The van der Waals surface area contributed by atoms with Gasteiger partial charge in [-0.1, -0.05) is 0 Å². The maximum atomic E-state index is 12.5. The summed E-state index contributed by atoms with van der Waals surface area (Å²) < 4.78 is 7.40. The number of aromatic nitrogens is 3. The van der Waals surface area contributed by atoms with Crippen molar-refractivity contribution in [2.24, 2.45) is 7.05 Å². The number of benzene rings is 1. The van der Waals surface area contributed by atoms with E-state index in [1.165, 1.54) is 0 Å². The highest BCUT2D eigenvalue weighted by molar-refractivity contribution is 5.80. The third-order valence-electron chi connectivity index (χ3n) is 5.25. The lowest BCUT2D eigenvalue weighted by molar-refractivity contribution is 0.194. The van der Waals surface area contributed by atoms with Gasteiger partial charge in [-0.15, -0.1) is 0 Å². The van der Waals surface area contributed by atoms with Gasteiger partial charge in [0.2, 0.25) is 0 Å². The molecule has 26 heavy (non-hydrogen) atoms. The number of hydrogen-bond donors (Lipinski definition) is 1. The molecule has 0 radical (unpaired) electrons. The lowest BCUT2D eigenvalue weighted by Gasteiger charge is -2.32. The molecule has 1 fully saturated rings. The van der Waals surface area contributed by atoms with Crippen molar-refractivity contribution in [3.05, 3.63) is 58.4 Å². The molecule has 0 unspecified atom stereocenters. The van der Waals surface area contributed by atoms with Crippen molar-refractivity contribution in [1.29, 1.82) is 0 Å². The van der Waals surface area contributed by atoms with E-state index in [0.29, 0.717) is 12.5 Å². The number of aryl methyl sites for hydroxylation is 1. The number of imidazole rings is 1. The summed E-state index contributed by atoms with van der Waals surface area (Å²) in [7, 11) is 3.70. The topological polar surface area (TPSA) is 63.2 Å². The van der Waals surface area contributed by atoms with Crippen LogP contribution >= 0.6 is 0 Å². The summed E-state index contributed by atoms with van der Waals surface area (Å²) in [6.07, 6.45) is 6.12. The fourth-order valence-electron chi connectivity index (χ4n) is 3.90. The first-order chi connectivity index (χ1) is 12.6. The molecule has 0 spiro atoms. The Morgan fingerprint density at radius 3 is 3.00 bits per heavy atom. The van der Waals surface area contributed by atoms with Gasteiger partial charge >= 0.3 is 0 Å². The van der Waals surface area contributed by atoms with Crippen molar-refractivity contribution in [3.8, 4) is 5.75 Å². The van der Waals surface area contributed by atoms with E-state index in [0.717, 1.165) is 54.0 Å². The Bertz CT molecular complexity index is 975. The monoisotopic (exact) mass is 352 g/mol. The molecule has 0 aliphatic carbocycles. The van der Waals surface area contributed by atoms with E-state index in [2.05, 4.69) is 19.4 Å². The van der Waals surface area contributed by atoms with Gasteiger partial charge in [0, 0.05) is 54.9 Å². The zero-order valence-corrected chi connectivity index (χ0v) is 15.2. The Morgan fingerprint density at radius 1 is 1.35 bits per heavy atom. The molecule has 4 rings (SSSR count). The molecule has 6 heteroatoms. The third kappa shape index (κ3) is 3.24. The first-order valence-corrected chi connectivity index (χ1v) is 9.03. The lowest BCUT2D eigenvalue weighted by atomic mass is 9.96. The SMILES string of the molecule is COc1ccc2[nH]c(=O)c(CN3CCC[C@@H](c4nccn4C)C3)cc2c1. The minimum absolute atomic E-state index is 0.0122. The number of aromatic amines is 1. The van der Waals surface area contributed by atoms with E-state index in [9.17, 15) is 4.79 Å². The first kappa shape index (κ1) is 16.8. The molecule has 0 saturated carbocycles. The van der Waals surface area contributed by atoms with Gasteiger partial charge in [0.15, 0.2) is 0 Å². The predicted octanol–water partition coefficient (Wildman–Crippen LogP) is 2.65. The molecule has 3 heterocycles. The molecular weight excluding hydrogens is 328 g/mol. The Morgan fingerprint density at radius 2 is 2.23 bits per heavy atom. The van der Waals surface area contributed by atoms with Crippen molar-refractivity contribution in [2.75, 3.05) is 20.2 Å². The van der Waals surface area contributed by atoms with Crippen LogP contribution < -0.4 is 10.3 Å². The number of rotatable bonds is 4. The summed E-state index contributed by atoms with van der Waals surface area (Å²) in [6, 6.07) is 7.69. The van der Waals surface area contributed by atoms with Crippen molar-refractivity contribution in [1.82, 2.24) is 19.4 Å². The van der Waals surface area contributed by atoms with Crippen LogP contribution in [-0.2, 0) is 13.6 Å². The van der Waals surface area contributed by atoms with Crippen LogP contribution in [0.15, 0.2) is 41.5 Å². The maximum absolute atomic E-state index is 12.5. The molecule has 6 nitrogen and oxygen atoms in total. The van der Waals surface area contributed by atoms with E-state index in [1.807, 2.05) is 43.7 Å². The second-order valence-electron chi connectivity index (χ2n) is 7.05.